The number of fused-ring (bicyclic) bond motifs is 1. The Morgan fingerprint density at radius 2 is 1.85 bits per heavy atom. The Balaban J connectivity index is 1.72. The van der Waals surface area contributed by atoms with Crippen LogP contribution in [0.3, 0.4) is 0 Å². The minimum Gasteiger partial charge on any atom is -0.350 e. The minimum absolute atomic E-state index is 0.0190. The Labute approximate surface area is 161 Å². The lowest BCUT2D eigenvalue weighted by molar-refractivity contribution is -0.133. The Bertz CT molecular complexity index is 813. The molecule has 2 atom stereocenters. The molecule has 0 spiro atoms. The van der Waals surface area contributed by atoms with Gasteiger partial charge >= 0.3 is 0 Å². The molecule has 0 fully saturated rings. The van der Waals surface area contributed by atoms with Crippen LogP contribution in [-0.4, -0.2) is 23.3 Å². The van der Waals surface area contributed by atoms with Gasteiger partial charge in [0.25, 0.3) is 0 Å². The molecule has 0 saturated carbocycles. The Morgan fingerprint density at radius 3 is 2.52 bits per heavy atom. The summed E-state index contributed by atoms with van der Waals surface area (Å²) in [6, 6.07) is 16.2. The molecule has 0 bridgehead atoms. The van der Waals surface area contributed by atoms with E-state index in [4.69, 9.17) is 0 Å². The zero-order chi connectivity index (χ0) is 19.4. The highest BCUT2D eigenvalue weighted by Crippen LogP contribution is 2.32. The number of nitrogens with zero attached hydrogens (tertiary/aromatic N) is 1. The van der Waals surface area contributed by atoms with E-state index in [9.17, 15) is 9.59 Å². The number of amides is 2. The fourth-order valence-electron chi connectivity index (χ4n) is 3.85. The average molecular weight is 364 g/mol. The van der Waals surface area contributed by atoms with Crippen molar-refractivity contribution in [1.29, 1.82) is 0 Å². The van der Waals surface area contributed by atoms with Gasteiger partial charge in [-0.25, -0.2) is 0 Å². The van der Waals surface area contributed by atoms with E-state index in [1.165, 1.54) is 11.1 Å². The summed E-state index contributed by atoms with van der Waals surface area (Å²) >= 11 is 0. The maximum atomic E-state index is 12.7. The molecule has 1 N–H and O–H groups in total. The van der Waals surface area contributed by atoms with Crippen molar-refractivity contribution in [3.63, 3.8) is 0 Å². The summed E-state index contributed by atoms with van der Waals surface area (Å²) in [5.41, 5.74) is 4.70. The normalized spacial score (nSPS) is 17.1. The third kappa shape index (κ3) is 4.38. The molecule has 2 unspecified atom stereocenters. The lowest BCUT2D eigenvalue weighted by Gasteiger charge is -2.36. The molecule has 2 amide bonds. The quantitative estimate of drug-likeness (QED) is 0.873. The van der Waals surface area contributed by atoms with Gasteiger partial charge in [-0.05, 0) is 42.0 Å². The molecule has 0 saturated heterocycles. The zero-order valence-corrected chi connectivity index (χ0v) is 16.4. The van der Waals surface area contributed by atoms with Crippen LogP contribution in [0.25, 0.3) is 0 Å². The van der Waals surface area contributed by atoms with E-state index >= 15 is 0 Å². The Morgan fingerprint density at radius 1 is 1.15 bits per heavy atom. The number of aryl methyl sites for hydroxylation is 1. The Hall–Kier alpha value is -2.62. The SMILES string of the molecule is CCc1ccc(C(C)NC(=O)CC2c3ccccc3CCN2C(C)=O)cc1. The van der Waals surface area contributed by atoms with E-state index in [1.54, 1.807) is 6.92 Å². The van der Waals surface area contributed by atoms with Gasteiger partial charge in [0.2, 0.25) is 11.8 Å². The molecule has 0 radical (unpaired) electrons. The van der Waals surface area contributed by atoms with E-state index in [0.717, 1.165) is 24.0 Å². The van der Waals surface area contributed by atoms with Gasteiger partial charge in [0, 0.05) is 13.5 Å². The minimum atomic E-state index is -0.192. The smallest absolute Gasteiger partial charge is 0.222 e. The summed E-state index contributed by atoms with van der Waals surface area (Å²) in [6.45, 7) is 6.37. The molecule has 1 aliphatic heterocycles. The van der Waals surface area contributed by atoms with Gasteiger partial charge < -0.3 is 10.2 Å². The maximum Gasteiger partial charge on any atom is 0.222 e. The average Bonchev–Trinajstić information content (AvgIpc) is 2.68. The van der Waals surface area contributed by atoms with Crippen molar-refractivity contribution in [3.05, 3.63) is 70.8 Å². The first-order valence-corrected chi connectivity index (χ1v) is 9.72. The monoisotopic (exact) mass is 364 g/mol. The summed E-state index contributed by atoms with van der Waals surface area (Å²) in [6.07, 6.45) is 2.13. The molecule has 1 heterocycles. The summed E-state index contributed by atoms with van der Waals surface area (Å²) in [7, 11) is 0. The molecular weight excluding hydrogens is 336 g/mol. The fourth-order valence-corrected chi connectivity index (χ4v) is 3.85. The van der Waals surface area contributed by atoms with Gasteiger partial charge in [-0.15, -0.1) is 0 Å². The lowest BCUT2D eigenvalue weighted by Crippen LogP contribution is -2.41. The fraction of sp³-hybridized carbons (Fsp3) is 0.391. The molecule has 27 heavy (non-hydrogen) atoms. The molecule has 4 nitrogen and oxygen atoms in total. The number of carbonyl (C=O) groups excluding carboxylic acids is 2. The van der Waals surface area contributed by atoms with Gasteiger partial charge in [0.1, 0.15) is 0 Å². The highest BCUT2D eigenvalue weighted by molar-refractivity contribution is 5.80. The molecule has 3 rings (SSSR count). The van der Waals surface area contributed by atoms with Crippen LogP contribution in [0.4, 0.5) is 0 Å². The van der Waals surface area contributed by atoms with Crippen molar-refractivity contribution in [2.45, 2.75) is 52.1 Å². The number of hydrogen-bond donors (Lipinski definition) is 1. The van der Waals surface area contributed by atoms with Crippen LogP contribution in [-0.2, 0) is 22.4 Å². The molecule has 0 aliphatic carbocycles. The van der Waals surface area contributed by atoms with Crippen LogP contribution >= 0.6 is 0 Å². The van der Waals surface area contributed by atoms with Crippen LogP contribution < -0.4 is 5.32 Å². The maximum absolute atomic E-state index is 12.7. The highest BCUT2D eigenvalue weighted by Gasteiger charge is 2.30. The van der Waals surface area contributed by atoms with Crippen molar-refractivity contribution < 1.29 is 9.59 Å². The van der Waals surface area contributed by atoms with Crippen LogP contribution in [0, 0.1) is 0 Å². The number of rotatable bonds is 5. The third-order valence-corrected chi connectivity index (χ3v) is 5.46. The predicted molar refractivity (Wildman–Crippen MR) is 107 cm³/mol. The molecule has 0 aromatic heterocycles. The second-order valence-electron chi connectivity index (χ2n) is 7.27. The molecule has 142 valence electrons. The number of hydrogen-bond acceptors (Lipinski definition) is 2. The predicted octanol–water partition coefficient (Wildman–Crippen LogP) is 3.96. The summed E-state index contributed by atoms with van der Waals surface area (Å²) in [5.74, 6) is -0.0134. The highest BCUT2D eigenvalue weighted by atomic mass is 16.2. The first kappa shape index (κ1) is 19.2. The van der Waals surface area contributed by atoms with E-state index < -0.39 is 0 Å². The molecule has 1 aliphatic rings. The van der Waals surface area contributed by atoms with Gasteiger partial charge in [0.15, 0.2) is 0 Å². The zero-order valence-electron chi connectivity index (χ0n) is 16.4. The second-order valence-corrected chi connectivity index (χ2v) is 7.27. The largest absolute Gasteiger partial charge is 0.350 e. The number of nitrogens with one attached hydrogen (secondary N) is 1. The van der Waals surface area contributed by atoms with Crippen molar-refractivity contribution in [2.75, 3.05) is 6.54 Å². The van der Waals surface area contributed by atoms with Crippen LogP contribution in [0.1, 0.15) is 61.5 Å². The van der Waals surface area contributed by atoms with E-state index in [2.05, 4.69) is 42.6 Å². The van der Waals surface area contributed by atoms with Gasteiger partial charge in [-0.1, -0.05) is 55.5 Å². The van der Waals surface area contributed by atoms with E-state index in [1.807, 2.05) is 30.0 Å². The van der Waals surface area contributed by atoms with Crippen molar-refractivity contribution >= 4 is 11.8 Å². The third-order valence-electron chi connectivity index (χ3n) is 5.46. The second kappa shape index (κ2) is 8.38. The van der Waals surface area contributed by atoms with E-state index in [0.29, 0.717) is 6.54 Å². The van der Waals surface area contributed by atoms with Gasteiger partial charge in [-0.3, -0.25) is 9.59 Å². The van der Waals surface area contributed by atoms with Crippen molar-refractivity contribution in [3.8, 4) is 0 Å². The summed E-state index contributed by atoms with van der Waals surface area (Å²) in [4.78, 5) is 26.7. The standard InChI is InChI=1S/C23H28N2O2/c1-4-18-9-11-19(12-10-18)16(2)24-23(27)15-22-21-8-6-5-7-20(21)13-14-25(22)17(3)26/h5-12,16,22H,4,13-15H2,1-3H3,(H,24,27). The van der Waals surface area contributed by atoms with Crippen molar-refractivity contribution in [2.24, 2.45) is 0 Å². The number of carbonyl (C=O) groups is 2. The van der Waals surface area contributed by atoms with Crippen molar-refractivity contribution in [1.82, 2.24) is 10.2 Å². The number of benzene rings is 2. The summed E-state index contributed by atoms with van der Waals surface area (Å²) < 4.78 is 0. The van der Waals surface area contributed by atoms with Gasteiger partial charge in [-0.2, -0.15) is 0 Å². The van der Waals surface area contributed by atoms with E-state index in [-0.39, 0.29) is 30.3 Å². The topological polar surface area (TPSA) is 49.4 Å². The first-order valence-electron chi connectivity index (χ1n) is 9.72. The molecule has 2 aromatic rings. The first-order chi connectivity index (χ1) is 13.0. The van der Waals surface area contributed by atoms with Crippen LogP contribution in [0.15, 0.2) is 48.5 Å². The van der Waals surface area contributed by atoms with Gasteiger partial charge in [0.05, 0.1) is 18.5 Å². The Kier molecular flexibility index (Phi) is 5.94. The summed E-state index contributed by atoms with van der Waals surface area (Å²) in [5, 5.41) is 3.09. The lowest BCUT2D eigenvalue weighted by atomic mass is 9.90. The molecule has 4 heteroatoms. The van der Waals surface area contributed by atoms with Crippen LogP contribution in [0.5, 0.6) is 0 Å². The molecular formula is C23H28N2O2. The van der Waals surface area contributed by atoms with Crippen LogP contribution in [0.2, 0.25) is 0 Å². The molecule has 2 aromatic carbocycles.